The van der Waals surface area contributed by atoms with Gasteiger partial charge in [-0.25, -0.2) is 0 Å². The number of benzene rings is 1. The van der Waals surface area contributed by atoms with Crippen LogP contribution in [0.5, 0.6) is 0 Å². The first kappa shape index (κ1) is 10.3. The van der Waals surface area contributed by atoms with E-state index in [9.17, 15) is 0 Å². The first-order valence-corrected chi connectivity index (χ1v) is 5.74. The average Bonchev–Trinajstić information content (AvgIpc) is 2.64. The van der Waals surface area contributed by atoms with E-state index in [0.29, 0.717) is 5.92 Å². The summed E-state index contributed by atoms with van der Waals surface area (Å²) in [4.78, 5) is 2.37. The van der Waals surface area contributed by atoms with Crippen LogP contribution in [0.25, 0.3) is 0 Å². The van der Waals surface area contributed by atoms with E-state index >= 15 is 0 Å². The number of anilines is 1. The first-order valence-electron chi connectivity index (χ1n) is 5.74. The van der Waals surface area contributed by atoms with Gasteiger partial charge in [-0.2, -0.15) is 0 Å². The maximum atomic E-state index is 4.14. The molecule has 0 amide bonds. The van der Waals surface area contributed by atoms with Crippen molar-refractivity contribution in [3.8, 4) is 0 Å². The Hall–Kier alpha value is -1.24. The highest BCUT2D eigenvalue weighted by Gasteiger charge is 2.19. The second kappa shape index (κ2) is 4.09. The van der Waals surface area contributed by atoms with Crippen LogP contribution in [0.15, 0.2) is 36.5 Å². The van der Waals surface area contributed by atoms with Crippen molar-refractivity contribution in [2.75, 3.05) is 11.4 Å². The van der Waals surface area contributed by atoms with Gasteiger partial charge in [-0.05, 0) is 30.4 Å². The van der Waals surface area contributed by atoms with E-state index in [0.717, 1.165) is 13.0 Å². The molecular weight excluding hydrogens is 182 g/mol. The van der Waals surface area contributed by atoms with Gasteiger partial charge >= 0.3 is 0 Å². The van der Waals surface area contributed by atoms with Crippen molar-refractivity contribution < 1.29 is 0 Å². The third-order valence-electron chi connectivity index (χ3n) is 3.08. The molecule has 0 aliphatic carbocycles. The molecule has 0 aromatic heterocycles. The lowest BCUT2D eigenvalue weighted by atomic mass is 10.0. The molecule has 0 N–H and O–H groups in total. The van der Waals surface area contributed by atoms with Gasteiger partial charge in [0.25, 0.3) is 0 Å². The molecule has 1 heterocycles. The monoisotopic (exact) mass is 201 g/mol. The summed E-state index contributed by atoms with van der Waals surface area (Å²) >= 11 is 0. The zero-order valence-electron chi connectivity index (χ0n) is 9.66. The predicted octanol–water partition coefficient (Wildman–Crippen LogP) is 3.92. The molecule has 0 atom stereocenters. The molecule has 1 nitrogen and oxygen atoms in total. The quantitative estimate of drug-likeness (QED) is 0.701. The molecular formula is C14H19N. The Morgan fingerprint density at radius 1 is 1.27 bits per heavy atom. The van der Waals surface area contributed by atoms with Crippen LogP contribution in [0.2, 0.25) is 0 Å². The van der Waals surface area contributed by atoms with E-state index in [4.69, 9.17) is 0 Å². The summed E-state index contributed by atoms with van der Waals surface area (Å²) in [5.41, 5.74) is 4.05. The summed E-state index contributed by atoms with van der Waals surface area (Å²) in [6.45, 7) is 9.76. The highest BCUT2D eigenvalue weighted by molar-refractivity contribution is 5.59. The molecule has 1 fully saturated rings. The Labute approximate surface area is 92.4 Å². The SMILES string of the molecule is C=C1CCCN1c1ccccc1C(C)C. The Bertz CT molecular complexity index is 365. The Kier molecular flexibility index (Phi) is 2.81. The van der Waals surface area contributed by atoms with E-state index in [1.165, 1.54) is 23.4 Å². The highest BCUT2D eigenvalue weighted by atomic mass is 15.2. The van der Waals surface area contributed by atoms with Crippen molar-refractivity contribution in [1.29, 1.82) is 0 Å². The number of hydrogen-bond donors (Lipinski definition) is 0. The minimum absolute atomic E-state index is 0.578. The van der Waals surface area contributed by atoms with Crippen molar-refractivity contribution in [2.45, 2.75) is 32.6 Å². The summed E-state index contributed by atoms with van der Waals surface area (Å²) in [5.74, 6) is 0.578. The lowest BCUT2D eigenvalue weighted by molar-refractivity contribution is 0.853. The van der Waals surface area contributed by atoms with Gasteiger partial charge in [0.05, 0.1) is 0 Å². The van der Waals surface area contributed by atoms with Gasteiger partial charge in [0, 0.05) is 17.9 Å². The van der Waals surface area contributed by atoms with Crippen molar-refractivity contribution in [2.24, 2.45) is 0 Å². The van der Waals surface area contributed by atoms with Crippen LogP contribution < -0.4 is 4.90 Å². The van der Waals surface area contributed by atoms with Crippen LogP contribution in [0.4, 0.5) is 5.69 Å². The minimum Gasteiger partial charge on any atom is -0.345 e. The van der Waals surface area contributed by atoms with Crippen molar-refractivity contribution in [3.05, 3.63) is 42.1 Å². The van der Waals surface area contributed by atoms with E-state index in [1.54, 1.807) is 0 Å². The number of nitrogens with zero attached hydrogens (tertiary/aromatic N) is 1. The molecule has 0 spiro atoms. The Morgan fingerprint density at radius 3 is 2.60 bits per heavy atom. The Morgan fingerprint density at radius 2 is 2.00 bits per heavy atom. The second-order valence-electron chi connectivity index (χ2n) is 4.53. The number of hydrogen-bond acceptors (Lipinski definition) is 1. The van der Waals surface area contributed by atoms with Gasteiger partial charge in [0.15, 0.2) is 0 Å². The van der Waals surface area contributed by atoms with Gasteiger partial charge in [-0.15, -0.1) is 0 Å². The van der Waals surface area contributed by atoms with Gasteiger partial charge < -0.3 is 4.90 Å². The fraction of sp³-hybridized carbons (Fsp3) is 0.429. The molecule has 80 valence electrons. The molecule has 0 radical (unpaired) electrons. The number of allylic oxidation sites excluding steroid dienone is 1. The van der Waals surface area contributed by atoms with Crippen molar-refractivity contribution in [3.63, 3.8) is 0 Å². The maximum Gasteiger partial charge on any atom is 0.0443 e. The van der Waals surface area contributed by atoms with Crippen LogP contribution in [0.3, 0.4) is 0 Å². The average molecular weight is 201 g/mol. The zero-order chi connectivity index (χ0) is 10.8. The Balaban J connectivity index is 2.38. The molecule has 1 aliphatic heterocycles. The molecule has 0 saturated carbocycles. The van der Waals surface area contributed by atoms with E-state index < -0.39 is 0 Å². The number of rotatable bonds is 2. The van der Waals surface area contributed by atoms with Crippen LogP contribution in [0.1, 0.15) is 38.2 Å². The molecule has 15 heavy (non-hydrogen) atoms. The van der Waals surface area contributed by atoms with Gasteiger partial charge in [0.1, 0.15) is 0 Å². The largest absolute Gasteiger partial charge is 0.345 e. The summed E-state index contributed by atoms with van der Waals surface area (Å²) < 4.78 is 0. The fourth-order valence-electron chi connectivity index (χ4n) is 2.25. The minimum atomic E-state index is 0.578. The topological polar surface area (TPSA) is 3.24 Å². The molecule has 1 heteroatoms. The molecule has 1 saturated heterocycles. The summed E-state index contributed by atoms with van der Waals surface area (Å²) in [5, 5.41) is 0. The molecule has 1 aliphatic rings. The van der Waals surface area contributed by atoms with Crippen LogP contribution >= 0.6 is 0 Å². The normalized spacial score (nSPS) is 16.5. The third kappa shape index (κ3) is 1.92. The third-order valence-corrected chi connectivity index (χ3v) is 3.08. The van der Waals surface area contributed by atoms with Gasteiger partial charge in [-0.1, -0.05) is 38.6 Å². The van der Waals surface area contributed by atoms with E-state index in [2.05, 4.69) is 49.6 Å². The molecule has 0 bridgehead atoms. The van der Waals surface area contributed by atoms with Crippen LogP contribution in [0, 0.1) is 0 Å². The molecule has 2 rings (SSSR count). The number of para-hydroxylation sites is 1. The van der Waals surface area contributed by atoms with Crippen LogP contribution in [-0.4, -0.2) is 6.54 Å². The predicted molar refractivity (Wildman–Crippen MR) is 66.3 cm³/mol. The summed E-state index contributed by atoms with van der Waals surface area (Å²) in [6, 6.07) is 8.68. The molecule has 0 unspecified atom stereocenters. The summed E-state index contributed by atoms with van der Waals surface area (Å²) in [6.07, 6.45) is 2.39. The first-order chi connectivity index (χ1) is 7.20. The highest BCUT2D eigenvalue weighted by Crippen LogP contribution is 2.33. The van der Waals surface area contributed by atoms with Gasteiger partial charge in [0.2, 0.25) is 0 Å². The van der Waals surface area contributed by atoms with E-state index in [1.807, 2.05) is 0 Å². The smallest absolute Gasteiger partial charge is 0.0443 e. The van der Waals surface area contributed by atoms with E-state index in [-0.39, 0.29) is 0 Å². The lowest BCUT2D eigenvalue weighted by Crippen LogP contribution is -2.17. The van der Waals surface area contributed by atoms with Gasteiger partial charge in [-0.3, -0.25) is 0 Å². The molecule has 1 aromatic rings. The lowest BCUT2D eigenvalue weighted by Gasteiger charge is -2.24. The van der Waals surface area contributed by atoms with Crippen molar-refractivity contribution >= 4 is 5.69 Å². The second-order valence-corrected chi connectivity index (χ2v) is 4.53. The standard InChI is InChI=1S/C14H19N/c1-11(2)13-8-4-5-9-14(13)15-10-6-7-12(15)3/h4-5,8-9,11H,3,6-7,10H2,1-2H3. The zero-order valence-corrected chi connectivity index (χ0v) is 9.66. The molecule has 1 aromatic carbocycles. The van der Waals surface area contributed by atoms with Crippen molar-refractivity contribution in [1.82, 2.24) is 0 Å². The maximum absolute atomic E-state index is 4.14. The summed E-state index contributed by atoms with van der Waals surface area (Å²) in [7, 11) is 0. The fourth-order valence-corrected chi connectivity index (χ4v) is 2.25. The van der Waals surface area contributed by atoms with Crippen LogP contribution in [-0.2, 0) is 0 Å².